The third-order valence-electron chi connectivity index (χ3n) is 4.42. The molecule has 1 saturated heterocycles. The minimum Gasteiger partial charge on any atom is -0.337 e. The van der Waals surface area contributed by atoms with Crippen LogP contribution in [0.5, 0.6) is 0 Å². The van der Waals surface area contributed by atoms with Crippen LogP contribution in [-0.4, -0.2) is 36.5 Å². The van der Waals surface area contributed by atoms with Crippen LogP contribution >= 0.6 is 0 Å². The highest BCUT2D eigenvalue weighted by atomic mass is 16.2. The summed E-state index contributed by atoms with van der Waals surface area (Å²) in [7, 11) is 0. The van der Waals surface area contributed by atoms with Crippen molar-refractivity contribution in [1.29, 1.82) is 0 Å². The minimum atomic E-state index is -0.0123. The molecule has 20 heavy (non-hydrogen) atoms. The van der Waals surface area contributed by atoms with E-state index in [0.29, 0.717) is 11.8 Å². The van der Waals surface area contributed by atoms with Crippen LogP contribution in [-0.2, 0) is 4.79 Å². The molecule has 0 bridgehead atoms. The van der Waals surface area contributed by atoms with Gasteiger partial charge in [0.25, 0.3) is 0 Å². The highest BCUT2D eigenvalue weighted by Gasteiger charge is 2.32. The van der Waals surface area contributed by atoms with Crippen molar-refractivity contribution in [3.8, 4) is 0 Å². The van der Waals surface area contributed by atoms with Gasteiger partial charge < -0.3 is 10.2 Å². The Hall–Kier alpha value is -1.35. The average Bonchev–Trinajstić information content (AvgIpc) is 2.48. The smallest absolute Gasteiger partial charge is 0.230 e. The number of rotatable bonds is 4. The van der Waals surface area contributed by atoms with Gasteiger partial charge in [-0.1, -0.05) is 50.6 Å². The predicted molar refractivity (Wildman–Crippen MR) is 82.7 cm³/mol. The van der Waals surface area contributed by atoms with Crippen molar-refractivity contribution in [3.05, 3.63) is 35.9 Å². The number of hydrogen-bond donors (Lipinski definition) is 1. The summed E-state index contributed by atoms with van der Waals surface area (Å²) in [5.74, 6) is 0.647. The Labute approximate surface area is 122 Å². The van der Waals surface area contributed by atoms with Gasteiger partial charge in [-0.2, -0.15) is 0 Å². The number of hydrogen-bond acceptors (Lipinski definition) is 2. The number of carbonyl (C=O) groups excluding carboxylic acids is 1. The highest BCUT2D eigenvalue weighted by Crippen LogP contribution is 2.29. The standard InChI is InChI=1S/C17H26N2O/c1-4-13(2)16(15-8-6-5-7-9-15)17(20)19-11-10-18-12-14(19)3/h5-9,13-14,16,18H,4,10-12H2,1-3H3/t13?,14-,16?/m0/s1. The summed E-state index contributed by atoms with van der Waals surface area (Å²) >= 11 is 0. The fraction of sp³-hybridized carbons (Fsp3) is 0.588. The summed E-state index contributed by atoms with van der Waals surface area (Å²) in [6, 6.07) is 10.5. The Kier molecular flexibility index (Phi) is 5.18. The zero-order valence-corrected chi connectivity index (χ0v) is 12.8. The van der Waals surface area contributed by atoms with E-state index in [0.717, 1.165) is 31.6 Å². The Balaban J connectivity index is 2.24. The maximum atomic E-state index is 13.0. The van der Waals surface area contributed by atoms with Crippen LogP contribution in [0.4, 0.5) is 0 Å². The Morgan fingerprint density at radius 1 is 1.40 bits per heavy atom. The molecule has 1 aliphatic heterocycles. The maximum Gasteiger partial charge on any atom is 0.230 e. The van der Waals surface area contributed by atoms with E-state index in [1.807, 2.05) is 18.2 Å². The van der Waals surface area contributed by atoms with Crippen molar-refractivity contribution in [3.63, 3.8) is 0 Å². The molecule has 0 saturated carbocycles. The first-order valence-electron chi connectivity index (χ1n) is 7.71. The van der Waals surface area contributed by atoms with E-state index >= 15 is 0 Å². The summed E-state index contributed by atoms with van der Waals surface area (Å²) in [5, 5.41) is 3.35. The van der Waals surface area contributed by atoms with Gasteiger partial charge in [-0.25, -0.2) is 0 Å². The number of piperazine rings is 1. The summed E-state index contributed by atoms with van der Waals surface area (Å²) in [6.45, 7) is 9.09. The number of nitrogens with zero attached hydrogens (tertiary/aromatic N) is 1. The molecule has 3 nitrogen and oxygen atoms in total. The van der Waals surface area contributed by atoms with E-state index in [2.05, 4.69) is 43.1 Å². The molecular weight excluding hydrogens is 248 g/mol. The summed E-state index contributed by atoms with van der Waals surface area (Å²) in [6.07, 6.45) is 1.02. The molecule has 1 N–H and O–H groups in total. The summed E-state index contributed by atoms with van der Waals surface area (Å²) in [4.78, 5) is 15.1. The lowest BCUT2D eigenvalue weighted by molar-refractivity contribution is -0.136. The molecule has 0 aromatic heterocycles. The van der Waals surface area contributed by atoms with E-state index in [1.165, 1.54) is 0 Å². The first-order valence-corrected chi connectivity index (χ1v) is 7.71. The molecule has 1 fully saturated rings. The van der Waals surface area contributed by atoms with Gasteiger partial charge in [0.2, 0.25) is 5.91 Å². The molecule has 3 atom stereocenters. The molecule has 1 aromatic carbocycles. The van der Waals surface area contributed by atoms with Gasteiger partial charge in [0.15, 0.2) is 0 Å². The van der Waals surface area contributed by atoms with Gasteiger partial charge >= 0.3 is 0 Å². The molecule has 1 aliphatic rings. The molecule has 0 spiro atoms. The zero-order valence-electron chi connectivity index (χ0n) is 12.8. The highest BCUT2D eigenvalue weighted by molar-refractivity contribution is 5.84. The average molecular weight is 274 g/mol. The Morgan fingerprint density at radius 3 is 2.70 bits per heavy atom. The summed E-state index contributed by atoms with van der Waals surface area (Å²) in [5.41, 5.74) is 1.15. The van der Waals surface area contributed by atoms with Crippen molar-refractivity contribution < 1.29 is 4.79 Å². The quantitative estimate of drug-likeness (QED) is 0.915. The van der Waals surface area contributed by atoms with E-state index in [4.69, 9.17) is 0 Å². The monoisotopic (exact) mass is 274 g/mol. The van der Waals surface area contributed by atoms with Gasteiger partial charge in [-0.15, -0.1) is 0 Å². The number of amides is 1. The fourth-order valence-electron chi connectivity index (χ4n) is 2.96. The van der Waals surface area contributed by atoms with Crippen molar-refractivity contribution in [2.75, 3.05) is 19.6 Å². The van der Waals surface area contributed by atoms with Crippen molar-refractivity contribution >= 4 is 5.91 Å². The molecule has 110 valence electrons. The van der Waals surface area contributed by atoms with Gasteiger partial charge in [-0.05, 0) is 18.4 Å². The van der Waals surface area contributed by atoms with Gasteiger partial charge in [0.1, 0.15) is 0 Å². The molecule has 1 amide bonds. The lowest BCUT2D eigenvalue weighted by Gasteiger charge is -2.37. The van der Waals surface area contributed by atoms with Gasteiger partial charge in [0.05, 0.1) is 5.92 Å². The topological polar surface area (TPSA) is 32.3 Å². The molecular formula is C17H26N2O. The van der Waals surface area contributed by atoms with Crippen LogP contribution in [0.2, 0.25) is 0 Å². The molecule has 1 aromatic rings. The lowest BCUT2D eigenvalue weighted by Crippen LogP contribution is -2.54. The third kappa shape index (κ3) is 3.21. The second-order valence-electron chi connectivity index (χ2n) is 5.86. The molecule has 0 aliphatic carbocycles. The second kappa shape index (κ2) is 6.89. The number of nitrogens with one attached hydrogen (secondary N) is 1. The van der Waals surface area contributed by atoms with E-state index in [-0.39, 0.29) is 12.0 Å². The van der Waals surface area contributed by atoms with Crippen LogP contribution in [0.1, 0.15) is 38.7 Å². The summed E-state index contributed by atoms with van der Waals surface area (Å²) < 4.78 is 0. The third-order valence-corrected chi connectivity index (χ3v) is 4.42. The number of carbonyl (C=O) groups is 1. The van der Waals surface area contributed by atoms with Crippen LogP contribution in [0.15, 0.2) is 30.3 Å². The molecule has 0 radical (unpaired) electrons. The van der Waals surface area contributed by atoms with E-state index in [9.17, 15) is 4.79 Å². The van der Waals surface area contributed by atoms with Crippen LogP contribution in [0.3, 0.4) is 0 Å². The predicted octanol–water partition coefficient (Wildman–Crippen LogP) is 2.64. The normalized spacial score (nSPS) is 22.4. The molecule has 3 heteroatoms. The van der Waals surface area contributed by atoms with Crippen LogP contribution in [0.25, 0.3) is 0 Å². The van der Waals surface area contributed by atoms with Crippen molar-refractivity contribution in [2.24, 2.45) is 5.92 Å². The van der Waals surface area contributed by atoms with Crippen LogP contribution in [0, 0.1) is 5.92 Å². The van der Waals surface area contributed by atoms with Crippen molar-refractivity contribution in [2.45, 2.75) is 39.2 Å². The lowest BCUT2D eigenvalue weighted by atomic mass is 9.84. The first-order chi connectivity index (χ1) is 9.65. The second-order valence-corrected chi connectivity index (χ2v) is 5.86. The van der Waals surface area contributed by atoms with Crippen LogP contribution < -0.4 is 5.32 Å². The Bertz CT molecular complexity index is 432. The fourth-order valence-corrected chi connectivity index (χ4v) is 2.96. The molecule has 2 rings (SSSR count). The number of benzene rings is 1. The SMILES string of the molecule is CCC(C)C(C(=O)N1CCNC[C@@H]1C)c1ccccc1. The van der Waals surface area contributed by atoms with Crippen molar-refractivity contribution in [1.82, 2.24) is 10.2 Å². The molecule has 2 unspecified atom stereocenters. The Morgan fingerprint density at radius 2 is 2.10 bits per heavy atom. The molecule has 1 heterocycles. The largest absolute Gasteiger partial charge is 0.337 e. The minimum absolute atomic E-state index is 0.0123. The maximum absolute atomic E-state index is 13.0. The van der Waals surface area contributed by atoms with E-state index in [1.54, 1.807) is 0 Å². The van der Waals surface area contributed by atoms with Gasteiger partial charge in [-0.3, -0.25) is 4.79 Å². The first kappa shape index (κ1) is 15.0. The van der Waals surface area contributed by atoms with E-state index < -0.39 is 0 Å². The zero-order chi connectivity index (χ0) is 14.5. The van der Waals surface area contributed by atoms with Gasteiger partial charge in [0, 0.05) is 25.7 Å².